The van der Waals surface area contributed by atoms with Crippen LogP contribution in [-0.2, 0) is 16.6 Å². The van der Waals surface area contributed by atoms with E-state index in [-0.39, 0.29) is 10.8 Å². The van der Waals surface area contributed by atoms with E-state index in [0.29, 0.717) is 42.5 Å². The average Bonchev–Trinajstić information content (AvgIpc) is 2.83. The molecule has 0 unspecified atom stereocenters. The monoisotopic (exact) mass is 484 g/mol. The molecule has 0 radical (unpaired) electrons. The van der Waals surface area contributed by atoms with Crippen molar-refractivity contribution in [2.75, 3.05) is 31.2 Å². The fourth-order valence-corrected chi connectivity index (χ4v) is 4.89. The number of ether oxygens (including phenoxy) is 2. The Morgan fingerprint density at radius 3 is 2.45 bits per heavy atom. The van der Waals surface area contributed by atoms with Crippen LogP contribution in [0.4, 0.5) is 5.69 Å². The van der Waals surface area contributed by atoms with E-state index >= 15 is 0 Å². The second kappa shape index (κ2) is 9.76. The van der Waals surface area contributed by atoms with Crippen LogP contribution < -0.4 is 14.2 Å². The van der Waals surface area contributed by atoms with Crippen molar-refractivity contribution in [2.45, 2.75) is 16.3 Å². The molecule has 0 fully saturated rings. The summed E-state index contributed by atoms with van der Waals surface area (Å²) in [6, 6.07) is 18.9. The minimum Gasteiger partial charge on any atom is -0.486 e. The maximum absolute atomic E-state index is 12.9. The lowest BCUT2D eigenvalue weighted by Gasteiger charge is -2.19. The molecular formula is C24H24N2O5S2. The summed E-state index contributed by atoms with van der Waals surface area (Å²) in [6.07, 6.45) is 2.01. The number of nitrogens with one attached hydrogen (secondary N) is 1. The average molecular weight is 485 g/mol. The summed E-state index contributed by atoms with van der Waals surface area (Å²) in [5.74, 6) is 0.698. The zero-order valence-corrected chi connectivity index (χ0v) is 19.9. The molecule has 0 aliphatic carbocycles. The Kier molecular flexibility index (Phi) is 6.80. The minimum atomic E-state index is -3.88. The third-order valence-corrected chi connectivity index (χ3v) is 7.23. The molecule has 4 rings (SSSR count). The normalized spacial score (nSPS) is 12.8. The van der Waals surface area contributed by atoms with Gasteiger partial charge >= 0.3 is 0 Å². The highest BCUT2D eigenvalue weighted by molar-refractivity contribution is 7.98. The highest BCUT2D eigenvalue weighted by atomic mass is 32.2. The van der Waals surface area contributed by atoms with Crippen molar-refractivity contribution in [3.8, 4) is 11.5 Å². The standard InChI is InChI=1S/C24H24N2O5S2/c1-26(16-17-6-8-20(32-2)9-7-17)24(27)18-4-3-5-19(14-18)25-33(28,29)21-10-11-22-23(15-21)31-13-12-30-22/h3-11,14-15,25H,12-13,16H2,1-2H3. The summed E-state index contributed by atoms with van der Waals surface area (Å²) >= 11 is 1.66. The maximum atomic E-state index is 12.9. The maximum Gasteiger partial charge on any atom is 0.262 e. The lowest BCUT2D eigenvalue weighted by molar-refractivity contribution is 0.0785. The van der Waals surface area contributed by atoms with Gasteiger partial charge in [-0.2, -0.15) is 0 Å². The van der Waals surface area contributed by atoms with Crippen molar-refractivity contribution in [2.24, 2.45) is 0 Å². The lowest BCUT2D eigenvalue weighted by atomic mass is 10.1. The van der Waals surface area contributed by atoms with Gasteiger partial charge in [-0.3, -0.25) is 9.52 Å². The number of sulfonamides is 1. The Balaban J connectivity index is 1.48. The van der Waals surface area contributed by atoms with Gasteiger partial charge in [-0.1, -0.05) is 18.2 Å². The number of hydrogen-bond donors (Lipinski definition) is 1. The van der Waals surface area contributed by atoms with Gasteiger partial charge in [0.25, 0.3) is 15.9 Å². The molecule has 9 heteroatoms. The number of rotatable bonds is 7. The molecule has 1 aliphatic heterocycles. The van der Waals surface area contributed by atoms with Gasteiger partial charge in [-0.25, -0.2) is 8.42 Å². The fraction of sp³-hybridized carbons (Fsp3) is 0.208. The molecular weight excluding hydrogens is 460 g/mol. The zero-order valence-electron chi connectivity index (χ0n) is 18.3. The first-order valence-electron chi connectivity index (χ1n) is 10.3. The number of benzene rings is 3. The van der Waals surface area contributed by atoms with Gasteiger partial charge in [0.15, 0.2) is 11.5 Å². The number of nitrogens with zero attached hydrogens (tertiary/aromatic N) is 1. The van der Waals surface area contributed by atoms with Crippen LogP contribution in [0.1, 0.15) is 15.9 Å². The zero-order chi connectivity index (χ0) is 23.4. The highest BCUT2D eigenvalue weighted by Crippen LogP contribution is 2.32. The molecule has 3 aromatic rings. The predicted molar refractivity (Wildman–Crippen MR) is 129 cm³/mol. The van der Waals surface area contributed by atoms with Crippen molar-refractivity contribution in [3.63, 3.8) is 0 Å². The van der Waals surface area contributed by atoms with Crippen molar-refractivity contribution in [1.29, 1.82) is 0 Å². The van der Waals surface area contributed by atoms with Crippen molar-refractivity contribution >= 4 is 33.4 Å². The first kappa shape index (κ1) is 23.0. The first-order valence-corrected chi connectivity index (χ1v) is 13.0. The second-order valence-electron chi connectivity index (χ2n) is 7.50. The number of hydrogen-bond acceptors (Lipinski definition) is 6. The van der Waals surface area contributed by atoms with Gasteiger partial charge in [0.2, 0.25) is 0 Å². The molecule has 172 valence electrons. The first-order chi connectivity index (χ1) is 15.9. The number of carbonyl (C=O) groups is 1. The van der Waals surface area contributed by atoms with E-state index in [9.17, 15) is 13.2 Å². The van der Waals surface area contributed by atoms with Gasteiger partial charge in [-0.15, -0.1) is 11.8 Å². The van der Waals surface area contributed by atoms with Crippen LogP contribution >= 0.6 is 11.8 Å². The van der Waals surface area contributed by atoms with Crippen molar-refractivity contribution < 1.29 is 22.7 Å². The molecule has 1 N–H and O–H groups in total. The molecule has 0 spiro atoms. The predicted octanol–water partition coefficient (Wildman–Crippen LogP) is 4.25. The summed E-state index contributed by atoms with van der Waals surface area (Å²) in [5.41, 5.74) is 1.70. The molecule has 0 bridgehead atoms. The number of anilines is 1. The molecule has 1 heterocycles. The summed E-state index contributed by atoms with van der Waals surface area (Å²) in [4.78, 5) is 15.7. The van der Waals surface area contributed by atoms with Crippen LogP contribution in [-0.4, -0.2) is 45.7 Å². The Hall–Kier alpha value is -3.17. The van der Waals surface area contributed by atoms with Gasteiger partial charge in [0.1, 0.15) is 13.2 Å². The van der Waals surface area contributed by atoms with E-state index < -0.39 is 10.0 Å². The Labute approximate surface area is 197 Å². The van der Waals surface area contributed by atoms with Gasteiger partial charge in [-0.05, 0) is 54.3 Å². The SMILES string of the molecule is CSc1ccc(CN(C)C(=O)c2cccc(NS(=O)(=O)c3ccc4c(c3)OCCO4)c2)cc1. The molecule has 1 amide bonds. The summed E-state index contributed by atoms with van der Waals surface area (Å²) in [7, 11) is -2.16. The summed E-state index contributed by atoms with van der Waals surface area (Å²) in [6.45, 7) is 1.24. The molecule has 0 saturated heterocycles. The molecule has 1 aliphatic rings. The van der Waals surface area contributed by atoms with E-state index in [1.807, 2.05) is 30.5 Å². The molecule has 0 atom stereocenters. The van der Waals surface area contributed by atoms with Gasteiger partial charge in [0.05, 0.1) is 4.90 Å². The Morgan fingerprint density at radius 2 is 1.73 bits per heavy atom. The summed E-state index contributed by atoms with van der Waals surface area (Å²) < 4.78 is 39.2. The quantitative estimate of drug-likeness (QED) is 0.505. The minimum absolute atomic E-state index is 0.0503. The van der Waals surface area contributed by atoms with Crippen molar-refractivity contribution in [1.82, 2.24) is 4.90 Å². The lowest BCUT2D eigenvalue weighted by Crippen LogP contribution is -2.26. The highest BCUT2D eigenvalue weighted by Gasteiger charge is 2.20. The number of amides is 1. The fourth-order valence-electron chi connectivity index (χ4n) is 3.42. The smallest absolute Gasteiger partial charge is 0.262 e. The molecule has 0 saturated carbocycles. The number of fused-ring (bicyclic) bond motifs is 1. The van der Waals surface area contributed by atoms with Crippen LogP contribution in [0.15, 0.2) is 76.5 Å². The van der Waals surface area contributed by atoms with E-state index in [0.717, 1.165) is 10.5 Å². The Bertz CT molecular complexity index is 1260. The van der Waals surface area contributed by atoms with E-state index in [1.54, 1.807) is 48.0 Å². The Morgan fingerprint density at radius 1 is 1.00 bits per heavy atom. The second-order valence-corrected chi connectivity index (χ2v) is 10.1. The third-order valence-electron chi connectivity index (χ3n) is 5.11. The van der Waals surface area contributed by atoms with Gasteiger partial charge in [0, 0.05) is 35.8 Å². The molecule has 7 nitrogen and oxygen atoms in total. The number of thioether (sulfide) groups is 1. The van der Waals surface area contributed by atoms with E-state index in [2.05, 4.69) is 4.72 Å². The van der Waals surface area contributed by atoms with Gasteiger partial charge < -0.3 is 14.4 Å². The van der Waals surface area contributed by atoms with E-state index in [1.165, 1.54) is 18.2 Å². The van der Waals surface area contributed by atoms with Crippen LogP contribution in [0, 0.1) is 0 Å². The van der Waals surface area contributed by atoms with Crippen LogP contribution in [0.25, 0.3) is 0 Å². The van der Waals surface area contributed by atoms with Crippen LogP contribution in [0.2, 0.25) is 0 Å². The topological polar surface area (TPSA) is 84.9 Å². The van der Waals surface area contributed by atoms with Crippen LogP contribution in [0.5, 0.6) is 11.5 Å². The summed E-state index contributed by atoms with van der Waals surface area (Å²) in [5, 5.41) is 0. The third kappa shape index (κ3) is 5.43. The van der Waals surface area contributed by atoms with Crippen LogP contribution in [0.3, 0.4) is 0 Å². The molecule has 3 aromatic carbocycles. The molecule has 33 heavy (non-hydrogen) atoms. The largest absolute Gasteiger partial charge is 0.486 e. The number of carbonyl (C=O) groups excluding carboxylic acids is 1. The van der Waals surface area contributed by atoms with E-state index in [4.69, 9.17) is 9.47 Å². The van der Waals surface area contributed by atoms with Crippen molar-refractivity contribution in [3.05, 3.63) is 77.9 Å². The molecule has 0 aromatic heterocycles.